The molecule has 3 aliphatic rings. The highest BCUT2D eigenvalue weighted by atomic mass is 31.2. The van der Waals surface area contributed by atoms with Crippen molar-refractivity contribution < 1.29 is 117 Å². The van der Waals surface area contributed by atoms with Crippen molar-refractivity contribution in [1.29, 1.82) is 0 Å². The number of allylic oxidation sites excluding steroid dienone is 5. The maximum atomic E-state index is 14.3. The average molecular weight is 1400 g/mol. The second kappa shape index (κ2) is 53.1. The molecule has 0 amide bonds. The summed E-state index contributed by atoms with van der Waals surface area (Å²) in [5, 5.41) is 110. The van der Waals surface area contributed by atoms with E-state index < -0.39 is 156 Å². The third kappa shape index (κ3) is 36.2. The molecular weight excluding hydrogens is 1270 g/mol. The minimum Gasteiger partial charge on any atom is -0.462 e. The van der Waals surface area contributed by atoms with E-state index in [0.29, 0.717) is 12.8 Å². The van der Waals surface area contributed by atoms with Crippen molar-refractivity contribution in [3.8, 4) is 0 Å². The summed E-state index contributed by atoms with van der Waals surface area (Å²) in [5.74, 6) is -2.24. The first-order valence-electron chi connectivity index (χ1n) is 36.8. The van der Waals surface area contributed by atoms with E-state index in [1.807, 2.05) is 6.08 Å². The van der Waals surface area contributed by atoms with E-state index in [0.717, 1.165) is 96.0 Å². The standard InChI is InChI=1S/C71H127O24P/c1-4-7-10-13-16-19-22-25-27-29-32-34-37-40-43-46-56(74)88-51-54-59(77)61(79)66(84)71(92-54)94-68-64(82)62(80)63(81)67(93-70-65(83)60(78)58(76)53(48-72)91-70)69(68)95-96(85,86)89-50-52(90-57(75)47-44-41-38-35-30-24-21-18-15-12-9-6-3)49-87-55(73)45-42-39-36-33-31-28-26-23-20-17-14-11-8-5-2/h28,31,37,40,43,46,52-54,58-72,76-84H,4-27,29-30,32-36,38-39,41-42,44-45,47-51H2,1-3H3,(H,85,86)/b31-28-,40-37+,46-43+. The molecule has 18 atom stereocenters. The molecule has 2 aliphatic heterocycles. The van der Waals surface area contributed by atoms with Crippen LogP contribution in [0.5, 0.6) is 0 Å². The molecule has 2 heterocycles. The lowest BCUT2D eigenvalue weighted by Gasteiger charge is -2.49. The number of hydrogen-bond donors (Lipinski definition) is 11. The van der Waals surface area contributed by atoms with Gasteiger partial charge in [0.2, 0.25) is 0 Å². The van der Waals surface area contributed by atoms with E-state index in [2.05, 4.69) is 32.9 Å². The van der Waals surface area contributed by atoms with E-state index in [9.17, 15) is 74.9 Å². The van der Waals surface area contributed by atoms with E-state index in [4.69, 9.17) is 42.2 Å². The Balaban J connectivity index is 1.76. The molecule has 25 heteroatoms. The minimum atomic E-state index is -5.70. The molecule has 1 aliphatic carbocycles. The van der Waals surface area contributed by atoms with Crippen LogP contribution in [0, 0.1) is 0 Å². The minimum absolute atomic E-state index is 0.0230. The van der Waals surface area contributed by atoms with Crippen LogP contribution in [0.4, 0.5) is 0 Å². The van der Waals surface area contributed by atoms with Gasteiger partial charge in [-0.25, -0.2) is 9.36 Å². The molecule has 96 heavy (non-hydrogen) atoms. The molecule has 0 bridgehead atoms. The zero-order valence-electron chi connectivity index (χ0n) is 58.2. The Bertz CT molecular complexity index is 2140. The molecule has 560 valence electrons. The number of carbonyl (C=O) groups excluding carboxylic acids is 3. The van der Waals surface area contributed by atoms with Crippen LogP contribution < -0.4 is 0 Å². The Hall–Kier alpha value is -2.82. The molecule has 1 saturated carbocycles. The lowest BCUT2D eigenvalue weighted by atomic mass is 9.84. The van der Waals surface area contributed by atoms with Crippen LogP contribution in [-0.4, -0.2) is 204 Å². The molecule has 0 aromatic rings. The van der Waals surface area contributed by atoms with Gasteiger partial charge in [0, 0.05) is 18.9 Å². The molecule has 11 N–H and O–H groups in total. The second-order valence-corrected chi connectivity index (χ2v) is 27.8. The molecule has 18 unspecified atom stereocenters. The third-order valence-corrected chi connectivity index (χ3v) is 19.0. The fraction of sp³-hybridized carbons (Fsp3) is 0.873. The van der Waals surface area contributed by atoms with Crippen LogP contribution in [0.1, 0.15) is 265 Å². The number of unbranched alkanes of at least 4 members (excludes halogenated alkanes) is 32. The second-order valence-electron chi connectivity index (χ2n) is 26.4. The van der Waals surface area contributed by atoms with Crippen LogP contribution in [0.2, 0.25) is 0 Å². The molecule has 2 saturated heterocycles. The van der Waals surface area contributed by atoms with Crippen molar-refractivity contribution in [2.75, 3.05) is 26.4 Å². The number of rotatable bonds is 56. The fourth-order valence-electron chi connectivity index (χ4n) is 12.0. The summed E-state index contributed by atoms with van der Waals surface area (Å²) in [6, 6.07) is 0. The topological polar surface area (TPSA) is 374 Å². The number of carbonyl (C=O) groups is 3. The van der Waals surface area contributed by atoms with E-state index >= 15 is 0 Å². The molecular formula is C71H127O24P. The fourth-order valence-corrected chi connectivity index (χ4v) is 12.9. The molecule has 3 fully saturated rings. The van der Waals surface area contributed by atoms with Gasteiger partial charge in [0.05, 0.1) is 13.2 Å². The van der Waals surface area contributed by atoms with Gasteiger partial charge in [-0.15, -0.1) is 0 Å². The Morgan fingerprint density at radius 3 is 1.27 bits per heavy atom. The van der Waals surface area contributed by atoms with Crippen LogP contribution in [0.25, 0.3) is 0 Å². The highest BCUT2D eigenvalue weighted by Gasteiger charge is 2.58. The molecule has 0 aromatic heterocycles. The monoisotopic (exact) mass is 1390 g/mol. The van der Waals surface area contributed by atoms with Crippen molar-refractivity contribution in [3.63, 3.8) is 0 Å². The predicted molar refractivity (Wildman–Crippen MR) is 361 cm³/mol. The number of esters is 3. The quantitative estimate of drug-likeness (QED) is 0.00513. The SMILES string of the molecule is CCCCCCCCC/C=C\CCCCCC(=O)OCC(COP(=O)(O)OC1C(OC2OC(CO)C(O)C(O)C2O)C(O)C(O)C(O)C1OC1OC(COC(=O)/C=C/C=C/CCCCCCCCCCCCC)C(O)C(O)C1O)OC(=O)CCCCCCCCCCCCCC. The van der Waals surface area contributed by atoms with Crippen molar-refractivity contribution in [1.82, 2.24) is 0 Å². The Labute approximate surface area is 572 Å². The Morgan fingerprint density at radius 2 is 0.812 bits per heavy atom. The van der Waals surface area contributed by atoms with Gasteiger partial charge in [0.15, 0.2) is 18.7 Å². The molecule has 3 rings (SSSR count). The number of aliphatic hydroxyl groups excluding tert-OH is 10. The number of hydrogen-bond acceptors (Lipinski definition) is 23. The van der Waals surface area contributed by atoms with Crippen molar-refractivity contribution in [2.24, 2.45) is 0 Å². The first-order chi connectivity index (χ1) is 46.3. The van der Waals surface area contributed by atoms with Crippen LogP contribution in [-0.2, 0) is 61.2 Å². The Morgan fingerprint density at radius 1 is 0.427 bits per heavy atom. The summed E-state index contributed by atoms with van der Waals surface area (Å²) in [7, 11) is -5.70. The molecule has 0 aromatic carbocycles. The maximum absolute atomic E-state index is 14.3. The van der Waals surface area contributed by atoms with Gasteiger partial charge < -0.3 is 89.1 Å². The van der Waals surface area contributed by atoms with E-state index in [1.54, 1.807) is 6.08 Å². The van der Waals surface area contributed by atoms with Gasteiger partial charge in [0.25, 0.3) is 0 Å². The highest BCUT2D eigenvalue weighted by Crippen LogP contribution is 2.49. The number of phosphoric ester groups is 1. The lowest BCUT2D eigenvalue weighted by Crippen LogP contribution is -2.69. The summed E-state index contributed by atoms with van der Waals surface area (Å²) in [6.07, 6.45) is 14.3. The summed E-state index contributed by atoms with van der Waals surface area (Å²) >= 11 is 0. The summed E-state index contributed by atoms with van der Waals surface area (Å²) in [4.78, 5) is 50.8. The molecule has 0 radical (unpaired) electrons. The number of phosphoric acid groups is 1. The van der Waals surface area contributed by atoms with Crippen LogP contribution >= 0.6 is 7.82 Å². The highest BCUT2D eigenvalue weighted by molar-refractivity contribution is 7.47. The third-order valence-electron chi connectivity index (χ3n) is 18.0. The first-order valence-corrected chi connectivity index (χ1v) is 38.3. The van der Waals surface area contributed by atoms with Crippen LogP contribution in [0.3, 0.4) is 0 Å². The van der Waals surface area contributed by atoms with E-state index in [-0.39, 0.29) is 12.8 Å². The van der Waals surface area contributed by atoms with Gasteiger partial charge in [-0.2, -0.15) is 0 Å². The van der Waals surface area contributed by atoms with Gasteiger partial charge >= 0.3 is 25.7 Å². The van der Waals surface area contributed by atoms with Crippen molar-refractivity contribution >= 4 is 25.7 Å². The van der Waals surface area contributed by atoms with Gasteiger partial charge in [-0.05, 0) is 51.4 Å². The van der Waals surface area contributed by atoms with Crippen molar-refractivity contribution in [2.45, 2.75) is 369 Å². The maximum Gasteiger partial charge on any atom is 0.472 e. The summed E-state index contributed by atoms with van der Waals surface area (Å²) in [5.41, 5.74) is 0. The van der Waals surface area contributed by atoms with Crippen molar-refractivity contribution in [3.05, 3.63) is 36.5 Å². The largest absolute Gasteiger partial charge is 0.472 e. The predicted octanol–water partition coefficient (Wildman–Crippen LogP) is 9.51. The number of ether oxygens (including phenoxy) is 7. The zero-order chi connectivity index (χ0) is 70.4. The summed E-state index contributed by atoms with van der Waals surface area (Å²) in [6.45, 7) is 3.32. The van der Waals surface area contributed by atoms with Gasteiger partial charge in [-0.1, -0.05) is 231 Å². The first kappa shape index (κ1) is 87.4. The van der Waals surface area contributed by atoms with E-state index in [1.165, 1.54) is 134 Å². The zero-order valence-corrected chi connectivity index (χ0v) is 59.0. The number of aliphatic hydroxyl groups is 10. The lowest BCUT2D eigenvalue weighted by molar-refractivity contribution is -0.360. The Kier molecular flexibility index (Phi) is 48.3. The summed E-state index contributed by atoms with van der Waals surface area (Å²) < 4.78 is 64.7. The smallest absolute Gasteiger partial charge is 0.462 e. The van der Waals surface area contributed by atoms with Crippen LogP contribution in [0.15, 0.2) is 36.5 Å². The molecule has 0 spiro atoms. The normalized spacial score (nSPS) is 28.1. The molecule has 24 nitrogen and oxygen atoms in total. The van der Waals surface area contributed by atoms with Gasteiger partial charge in [-0.3, -0.25) is 18.6 Å². The average Bonchev–Trinajstić information content (AvgIpc) is 0.767. The van der Waals surface area contributed by atoms with Gasteiger partial charge in [0.1, 0.15) is 98.7 Å².